The van der Waals surface area contributed by atoms with E-state index in [1.807, 2.05) is 14.0 Å². The molecule has 0 fully saturated rings. The van der Waals surface area contributed by atoms with Crippen molar-refractivity contribution in [1.82, 2.24) is 4.90 Å². The summed E-state index contributed by atoms with van der Waals surface area (Å²) >= 11 is 0. The molecular formula is C13H25NO. The van der Waals surface area contributed by atoms with Crippen molar-refractivity contribution >= 4 is 0 Å². The Bertz CT molecular complexity index is 187. The van der Waals surface area contributed by atoms with Crippen LogP contribution in [0.15, 0.2) is 24.6 Å². The van der Waals surface area contributed by atoms with E-state index in [-0.39, 0.29) is 6.23 Å². The summed E-state index contributed by atoms with van der Waals surface area (Å²) in [6, 6.07) is 0. The Kier molecular flexibility index (Phi) is 9.04. The minimum atomic E-state index is 0.103. The first-order chi connectivity index (χ1) is 7.22. The summed E-state index contributed by atoms with van der Waals surface area (Å²) in [5, 5.41) is 0. The smallest absolute Gasteiger partial charge is 0.167 e. The number of allylic oxidation sites excluding steroid dienone is 2. The van der Waals surface area contributed by atoms with Crippen LogP contribution < -0.4 is 0 Å². The summed E-state index contributed by atoms with van der Waals surface area (Å²) in [4.78, 5) is 2.08. The Hall–Kier alpha value is -0.920. The molecule has 1 unspecified atom stereocenters. The topological polar surface area (TPSA) is 12.5 Å². The number of nitrogens with zero attached hydrogens (tertiary/aromatic N) is 1. The van der Waals surface area contributed by atoms with E-state index >= 15 is 0 Å². The van der Waals surface area contributed by atoms with Crippen molar-refractivity contribution in [2.45, 2.75) is 52.7 Å². The molecule has 88 valence electrons. The van der Waals surface area contributed by atoms with E-state index in [2.05, 4.69) is 37.1 Å². The van der Waals surface area contributed by atoms with Gasteiger partial charge in [0.15, 0.2) is 6.23 Å². The van der Waals surface area contributed by atoms with Crippen LogP contribution in [-0.2, 0) is 4.74 Å². The first kappa shape index (κ1) is 14.1. The Morgan fingerprint density at radius 3 is 2.33 bits per heavy atom. The Morgan fingerprint density at radius 2 is 1.73 bits per heavy atom. The number of hydrogen-bond donors (Lipinski definition) is 0. The molecule has 0 rings (SSSR count). The molecule has 0 saturated heterocycles. The zero-order valence-electron chi connectivity index (χ0n) is 10.6. The van der Waals surface area contributed by atoms with E-state index in [1.165, 1.54) is 12.8 Å². The van der Waals surface area contributed by atoms with Crippen molar-refractivity contribution in [3.05, 3.63) is 24.6 Å². The summed E-state index contributed by atoms with van der Waals surface area (Å²) in [5.74, 6) is 0. The minimum Gasteiger partial charge on any atom is -0.479 e. The van der Waals surface area contributed by atoms with E-state index in [0.717, 1.165) is 12.8 Å². The summed E-state index contributed by atoms with van der Waals surface area (Å²) in [6.45, 7) is 6.39. The third kappa shape index (κ3) is 8.10. The van der Waals surface area contributed by atoms with Crippen LogP contribution in [-0.4, -0.2) is 18.2 Å². The second-order valence-corrected chi connectivity index (χ2v) is 3.73. The number of ether oxygens (including phenoxy) is 1. The standard InChI is InChI=1S/C13H25NO/c1-5-7-9-11-14(4)13(3)15-12-10-8-6-2/h9-13H,5-8H2,1-4H3. The normalized spacial score (nSPS) is 13.6. The summed E-state index contributed by atoms with van der Waals surface area (Å²) in [5.41, 5.74) is 0. The molecule has 0 aliphatic carbocycles. The highest BCUT2D eigenvalue weighted by Gasteiger charge is 2.01. The Labute approximate surface area is 94.6 Å². The van der Waals surface area contributed by atoms with Crippen molar-refractivity contribution in [2.24, 2.45) is 0 Å². The Balaban J connectivity index is 3.72. The molecule has 0 aliphatic heterocycles. The van der Waals surface area contributed by atoms with Crippen LogP contribution in [0.4, 0.5) is 0 Å². The fourth-order valence-electron chi connectivity index (χ4n) is 1.03. The van der Waals surface area contributed by atoms with Gasteiger partial charge in [-0.05, 0) is 32.0 Å². The van der Waals surface area contributed by atoms with Gasteiger partial charge in [-0.3, -0.25) is 0 Å². The van der Waals surface area contributed by atoms with Crippen molar-refractivity contribution < 1.29 is 4.74 Å². The van der Waals surface area contributed by atoms with E-state index in [1.54, 1.807) is 6.26 Å². The second kappa shape index (κ2) is 9.63. The van der Waals surface area contributed by atoms with Crippen LogP contribution in [0.1, 0.15) is 46.5 Å². The van der Waals surface area contributed by atoms with E-state index < -0.39 is 0 Å². The molecule has 0 radical (unpaired) electrons. The zero-order valence-corrected chi connectivity index (χ0v) is 10.6. The van der Waals surface area contributed by atoms with Gasteiger partial charge in [-0.1, -0.05) is 32.8 Å². The maximum Gasteiger partial charge on any atom is 0.167 e. The van der Waals surface area contributed by atoms with Crippen molar-refractivity contribution in [1.29, 1.82) is 0 Å². The molecule has 1 atom stereocenters. The summed E-state index contributed by atoms with van der Waals surface area (Å²) in [6.07, 6.45) is 12.8. The molecule has 2 heteroatoms. The molecule has 15 heavy (non-hydrogen) atoms. The van der Waals surface area contributed by atoms with Gasteiger partial charge in [0.25, 0.3) is 0 Å². The van der Waals surface area contributed by atoms with Crippen LogP contribution in [0, 0.1) is 0 Å². The van der Waals surface area contributed by atoms with Crippen molar-refractivity contribution in [3.63, 3.8) is 0 Å². The van der Waals surface area contributed by atoms with Gasteiger partial charge in [-0.25, -0.2) is 0 Å². The Morgan fingerprint density at radius 1 is 1.13 bits per heavy atom. The highest BCUT2D eigenvalue weighted by molar-refractivity contribution is 4.82. The summed E-state index contributed by atoms with van der Waals surface area (Å²) in [7, 11) is 2.03. The lowest BCUT2D eigenvalue weighted by atomic mass is 10.3. The quantitative estimate of drug-likeness (QED) is 0.446. The number of rotatable bonds is 8. The molecule has 2 nitrogen and oxygen atoms in total. The van der Waals surface area contributed by atoms with Gasteiger partial charge in [0.05, 0.1) is 6.26 Å². The van der Waals surface area contributed by atoms with Crippen molar-refractivity contribution in [3.8, 4) is 0 Å². The number of hydrogen-bond acceptors (Lipinski definition) is 2. The van der Waals surface area contributed by atoms with Crippen LogP contribution in [0.2, 0.25) is 0 Å². The largest absolute Gasteiger partial charge is 0.479 e. The average Bonchev–Trinajstić information content (AvgIpc) is 2.24. The van der Waals surface area contributed by atoms with E-state index in [0.29, 0.717) is 0 Å². The SMILES string of the molecule is CCCC=COC(C)N(C)C=CCCC. The summed E-state index contributed by atoms with van der Waals surface area (Å²) < 4.78 is 5.53. The molecule has 0 bridgehead atoms. The molecule has 0 aromatic heterocycles. The van der Waals surface area contributed by atoms with Crippen LogP contribution in [0.3, 0.4) is 0 Å². The molecule has 0 heterocycles. The fraction of sp³-hybridized carbons (Fsp3) is 0.692. The lowest BCUT2D eigenvalue weighted by Gasteiger charge is -2.22. The van der Waals surface area contributed by atoms with E-state index in [9.17, 15) is 0 Å². The lowest BCUT2D eigenvalue weighted by molar-refractivity contribution is 0.0532. The number of unbranched alkanes of at least 4 members (excludes halogenated alkanes) is 2. The van der Waals surface area contributed by atoms with Crippen molar-refractivity contribution in [2.75, 3.05) is 7.05 Å². The van der Waals surface area contributed by atoms with Gasteiger partial charge < -0.3 is 9.64 Å². The third-order valence-corrected chi connectivity index (χ3v) is 2.20. The monoisotopic (exact) mass is 211 g/mol. The molecule has 0 amide bonds. The maximum atomic E-state index is 5.53. The second-order valence-electron chi connectivity index (χ2n) is 3.73. The first-order valence-corrected chi connectivity index (χ1v) is 5.91. The van der Waals surface area contributed by atoms with Gasteiger partial charge >= 0.3 is 0 Å². The van der Waals surface area contributed by atoms with Gasteiger partial charge in [0.1, 0.15) is 0 Å². The van der Waals surface area contributed by atoms with Crippen LogP contribution in [0.5, 0.6) is 0 Å². The average molecular weight is 211 g/mol. The zero-order chi connectivity index (χ0) is 11.5. The molecule has 0 saturated carbocycles. The maximum absolute atomic E-state index is 5.53. The molecule has 0 spiro atoms. The van der Waals surface area contributed by atoms with Gasteiger partial charge in [0.2, 0.25) is 0 Å². The third-order valence-electron chi connectivity index (χ3n) is 2.20. The molecule has 0 aliphatic rings. The minimum absolute atomic E-state index is 0.103. The molecule has 0 N–H and O–H groups in total. The molecular weight excluding hydrogens is 186 g/mol. The van der Waals surface area contributed by atoms with E-state index in [4.69, 9.17) is 4.74 Å². The van der Waals surface area contributed by atoms with Gasteiger partial charge in [0, 0.05) is 7.05 Å². The first-order valence-electron chi connectivity index (χ1n) is 5.91. The van der Waals surface area contributed by atoms with Crippen LogP contribution in [0.25, 0.3) is 0 Å². The van der Waals surface area contributed by atoms with Gasteiger partial charge in [-0.15, -0.1) is 0 Å². The molecule has 0 aromatic carbocycles. The highest BCUT2D eigenvalue weighted by atomic mass is 16.5. The van der Waals surface area contributed by atoms with Gasteiger partial charge in [-0.2, -0.15) is 0 Å². The predicted octanol–water partition coefficient (Wildman–Crippen LogP) is 3.91. The fourth-order valence-corrected chi connectivity index (χ4v) is 1.03. The lowest BCUT2D eigenvalue weighted by Crippen LogP contribution is -2.24. The molecule has 0 aromatic rings. The predicted molar refractivity (Wildman–Crippen MR) is 66.4 cm³/mol. The highest BCUT2D eigenvalue weighted by Crippen LogP contribution is 2.01. The van der Waals surface area contributed by atoms with Crippen LogP contribution >= 0.6 is 0 Å².